The van der Waals surface area contributed by atoms with Crippen LogP contribution in [0.5, 0.6) is 0 Å². The lowest BCUT2D eigenvalue weighted by molar-refractivity contribution is 0.984. The number of benzene rings is 4. The van der Waals surface area contributed by atoms with Crippen LogP contribution in [0.25, 0.3) is 55.3 Å². The molecule has 0 bridgehead atoms. The highest BCUT2D eigenvalue weighted by Gasteiger charge is 2.19. The summed E-state index contributed by atoms with van der Waals surface area (Å²) in [5.74, 6) is 0.904. The van der Waals surface area contributed by atoms with Crippen molar-refractivity contribution in [1.29, 1.82) is 0 Å². The van der Waals surface area contributed by atoms with Crippen LogP contribution >= 0.6 is 0 Å². The van der Waals surface area contributed by atoms with E-state index in [1.54, 1.807) is 0 Å². The molecule has 0 unspecified atom stereocenters. The number of hydrogen-bond donors (Lipinski definition) is 0. The second-order valence-electron chi connectivity index (χ2n) is 8.12. The van der Waals surface area contributed by atoms with Gasteiger partial charge < -0.3 is 0 Å². The van der Waals surface area contributed by atoms with Crippen molar-refractivity contribution in [1.82, 2.24) is 14.0 Å². The molecule has 150 valence electrons. The van der Waals surface area contributed by atoms with Gasteiger partial charge in [-0.05, 0) is 35.0 Å². The van der Waals surface area contributed by atoms with Gasteiger partial charge in [0.25, 0.3) is 0 Å². The number of nitrogens with zero attached hydrogens (tertiary/aromatic N) is 3. The standard InChI is InChI=1S/C29H19N3/c1-2-11-21(12-3-1)28-26-16-8-9-19-31(26)29(30-28)32-24-15-7-6-14-23(24)27-22-13-5-4-10-20(22)17-18-25(27)32/h1-19H. The third kappa shape index (κ3) is 2.33. The van der Waals surface area contributed by atoms with Gasteiger partial charge in [0, 0.05) is 22.5 Å². The molecule has 0 saturated carbocycles. The summed E-state index contributed by atoms with van der Waals surface area (Å²) >= 11 is 0. The van der Waals surface area contributed by atoms with Gasteiger partial charge in [-0.25, -0.2) is 4.98 Å². The summed E-state index contributed by atoms with van der Waals surface area (Å²) < 4.78 is 4.50. The van der Waals surface area contributed by atoms with E-state index < -0.39 is 0 Å². The molecule has 0 aliphatic carbocycles. The maximum atomic E-state index is 5.21. The first-order valence-electron chi connectivity index (χ1n) is 10.8. The molecule has 3 nitrogen and oxygen atoms in total. The zero-order valence-corrected chi connectivity index (χ0v) is 17.3. The van der Waals surface area contributed by atoms with Gasteiger partial charge in [-0.2, -0.15) is 0 Å². The van der Waals surface area contributed by atoms with Gasteiger partial charge in [0.05, 0.1) is 22.2 Å². The number of imidazole rings is 1. The SMILES string of the molecule is c1ccc(-c2nc(-n3c4ccccc4c4c5ccccc5ccc43)n3ccccc23)cc1. The highest BCUT2D eigenvalue weighted by molar-refractivity contribution is 6.21. The lowest BCUT2D eigenvalue weighted by Gasteiger charge is -2.07. The normalized spacial score (nSPS) is 11.8. The molecule has 0 spiro atoms. The molecule has 7 rings (SSSR count). The summed E-state index contributed by atoms with van der Waals surface area (Å²) in [5, 5.41) is 5.03. The van der Waals surface area contributed by atoms with Crippen LogP contribution < -0.4 is 0 Å². The van der Waals surface area contributed by atoms with Crippen LogP contribution in [0.15, 0.2) is 115 Å². The van der Waals surface area contributed by atoms with Crippen LogP contribution in [0.3, 0.4) is 0 Å². The summed E-state index contributed by atoms with van der Waals surface area (Å²) in [5.41, 5.74) is 5.54. The molecule has 0 atom stereocenters. The Bertz CT molecular complexity index is 1770. The van der Waals surface area contributed by atoms with Crippen molar-refractivity contribution in [2.45, 2.75) is 0 Å². The van der Waals surface area contributed by atoms with Gasteiger partial charge >= 0.3 is 0 Å². The summed E-state index contributed by atoms with van der Waals surface area (Å²) in [6.07, 6.45) is 2.10. The lowest BCUT2D eigenvalue weighted by Crippen LogP contribution is -2.00. The Balaban J connectivity index is 1.66. The van der Waals surface area contributed by atoms with Crippen LogP contribution in [0, 0.1) is 0 Å². The highest BCUT2D eigenvalue weighted by Crippen LogP contribution is 2.37. The molecule has 0 saturated heterocycles. The smallest absolute Gasteiger partial charge is 0.220 e. The largest absolute Gasteiger partial charge is 0.285 e. The summed E-state index contributed by atoms with van der Waals surface area (Å²) in [4.78, 5) is 5.21. The van der Waals surface area contributed by atoms with Gasteiger partial charge in [0.15, 0.2) is 0 Å². The van der Waals surface area contributed by atoms with Crippen molar-refractivity contribution >= 4 is 38.1 Å². The molecule has 0 aliphatic rings. The van der Waals surface area contributed by atoms with Crippen molar-refractivity contribution in [3.05, 3.63) is 115 Å². The molecular formula is C29H19N3. The minimum absolute atomic E-state index is 0.904. The van der Waals surface area contributed by atoms with E-state index in [9.17, 15) is 0 Å². The first kappa shape index (κ1) is 17.3. The minimum Gasteiger partial charge on any atom is -0.285 e. The number of hydrogen-bond acceptors (Lipinski definition) is 1. The predicted molar refractivity (Wildman–Crippen MR) is 132 cm³/mol. The zero-order valence-electron chi connectivity index (χ0n) is 17.3. The molecular weight excluding hydrogens is 390 g/mol. The van der Waals surface area contributed by atoms with Gasteiger partial charge in [0.1, 0.15) is 0 Å². The fourth-order valence-electron chi connectivity index (χ4n) is 4.94. The Hall–Kier alpha value is -4.37. The van der Waals surface area contributed by atoms with Crippen molar-refractivity contribution < 1.29 is 0 Å². The van der Waals surface area contributed by atoms with E-state index in [1.165, 1.54) is 27.1 Å². The molecule has 0 N–H and O–H groups in total. The van der Waals surface area contributed by atoms with Crippen molar-refractivity contribution in [2.75, 3.05) is 0 Å². The fraction of sp³-hybridized carbons (Fsp3) is 0. The first-order chi connectivity index (χ1) is 15.9. The molecule has 32 heavy (non-hydrogen) atoms. The molecule has 3 heterocycles. The van der Waals surface area contributed by atoms with Crippen molar-refractivity contribution in [3.8, 4) is 17.2 Å². The molecule has 0 amide bonds. The van der Waals surface area contributed by atoms with Gasteiger partial charge in [-0.15, -0.1) is 0 Å². The number of aromatic nitrogens is 3. The molecule has 4 aromatic carbocycles. The average molecular weight is 409 g/mol. The summed E-state index contributed by atoms with van der Waals surface area (Å²) in [6, 6.07) is 38.4. The van der Waals surface area contributed by atoms with Crippen LogP contribution in [0.4, 0.5) is 0 Å². The molecule has 3 heteroatoms. The van der Waals surface area contributed by atoms with Crippen LogP contribution in [-0.2, 0) is 0 Å². The Morgan fingerprint density at radius 1 is 0.531 bits per heavy atom. The van der Waals surface area contributed by atoms with Crippen LogP contribution in [0.1, 0.15) is 0 Å². The first-order valence-corrected chi connectivity index (χ1v) is 10.8. The molecule has 0 aliphatic heterocycles. The molecule has 0 fully saturated rings. The summed E-state index contributed by atoms with van der Waals surface area (Å²) in [7, 11) is 0. The Morgan fingerprint density at radius 3 is 2.16 bits per heavy atom. The minimum atomic E-state index is 0.904. The monoisotopic (exact) mass is 409 g/mol. The van der Waals surface area contributed by atoms with E-state index >= 15 is 0 Å². The van der Waals surface area contributed by atoms with Gasteiger partial charge in [-0.1, -0.05) is 84.9 Å². The van der Waals surface area contributed by atoms with Crippen molar-refractivity contribution in [2.24, 2.45) is 0 Å². The maximum absolute atomic E-state index is 5.21. The van der Waals surface area contributed by atoms with E-state index in [0.29, 0.717) is 0 Å². The maximum Gasteiger partial charge on any atom is 0.220 e. The number of fused-ring (bicyclic) bond motifs is 6. The second kappa shape index (κ2) is 6.56. The average Bonchev–Trinajstić information content (AvgIpc) is 3.40. The summed E-state index contributed by atoms with van der Waals surface area (Å²) in [6.45, 7) is 0. The fourth-order valence-corrected chi connectivity index (χ4v) is 4.94. The number of pyridine rings is 1. The Labute approximate surface area is 184 Å². The van der Waals surface area contributed by atoms with Crippen LogP contribution in [0.2, 0.25) is 0 Å². The highest BCUT2D eigenvalue weighted by atomic mass is 15.2. The van der Waals surface area contributed by atoms with E-state index in [0.717, 1.165) is 28.2 Å². The zero-order chi connectivity index (χ0) is 21.1. The quantitative estimate of drug-likeness (QED) is 0.295. The van der Waals surface area contributed by atoms with Crippen molar-refractivity contribution in [3.63, 3.8) is 0 Å². The third-order valence-electron chi connectivity index (χ3n) is 6.34. The molecule has 7 aromatic rings. The van der Waals surface area contributed by atoms with E-state index in [4.69, 9.17) is 4.98 Å². The number of rotatable bonds is 2. The number of para-hydroxylation sites is 1. The Morgan fingerprint density at radius 2 is 1.25 bits per heavy atom. The lowest BCUT2D eigenvalue weighted by atomic mass is 10.0. The van der Waals surface area contributed by atoms with Gasteiger partial charge in [0.2, 0.25) is 5.95 Å². The van der Waals surface area contributed by atoms with Gasteiger partial charge in [-0.3, -0.25) is 8.97 Å². The van der Waals surface area contributed by atoms with E-state index in [1.807, 2.05) is 6.07 Å². The van der Waals surface area contributed by atoms with E-state index in [-0.39, 0.29) is 0 Å². The van der Waals surface area contributed by atoms with E-state index in [2.05, 4.69) is 118 Å². The Kier molecular flexibility index (Phi) is 3.55. The molecule has 0 radical (unpaired) electrons. The molecule has 3 aromatic heterocycles. The second-order valence-corrected chi connectivity index (χ2v) is 8.12. The third-order valence-corrected chi connectivity index (χ3v) is 6.34. The predicted octanol–water partition coefficient (Wildman–Crippen LogP) is 7.25. The topological polar surface area (TPSA) is 22.2 Å². The van der Waals surface area contributed by atoms with Crippen LogP contribution in [-0.4, -0.2) is 14.0 Å².